The highest BCUT2D eigenvalue weighted by Gasteiger charge is 2.58. The molecule has 0 aliphatic carbocycles. The van der Waals surface area contributed by atoms with Gasteiger partial charge >= 0.3 is 0 Å². The van der Waals surface area contributed by atoms with E-state index in [0.29, 0.717) is 18.5 Å². The number of hydrogen-bond donors (Lipinski definition) is 1. The number of hydrazine groups is 1. The first-order valence-electron chi connectivity index (χ1n) is 9.83. The molecular weight excluding hydrogens is 330 g/mol. The Bertz CT molecular complexity index is 812. The normalized spacial score (nSPS) is 28.7. The van der Waals surface area contributed by atoms with E-state index in [-0.39, 0.29) is 0 Å². The summed E-state index contributed by atoms with van der Waals surface area (Å²) < 4.78 is 0. The molecule has 0 radical (unpaired) electrons. The summed E-state index contributed by atoms with van der Waals surface area (Å²) in [6, 6.07) is 32.5. The van der Waals surface area contributed by atoms with E-state index in [9.17, 15) is 0 Å². The van der Waals surface area contributed by atoms with Gasteiger partial charge in [0.15, 0.2) is 0 Å². The zero-order valence-electron chi connectivity index (χ0n) is 15.4. The summed E-state index contributed by atoms with van der Waals surface area (Å²) in [5.74, 6) is 0. The van der Waals surface area contributed by atoms with Gasteiger partial charge in [0.25, 0.3) is 0 Å². The molecule has 3 aromatic carbocycles. The topological polar surface area (TPSA) is 18.0 Å². The summed E-state index contributed by atoms with van der Waals surface area (Å²) >= 11 is 0. The van der Waals surface area contributed by atoms with Crippen LogP contribution in [0.4, 0.5) is 0 Å². The highest BCUT2D eigenvalue weighted by Crippen LogP contribution is 2.40. The van der Waals surface area contributed by atoms with Gasteiger partial charge in [-0.25, -0.2) is 10.0 Å². The van der Waals surface area contributed by atoms with E-state index in [0.717, 1.165) is 19.3 Å². The van der Waals surface area contributed by atoms with Crippen LogP contribution < -0.4 is 5.32 Å². The lowest BCUT2D eigenvalue weighted by atomic mass is 10.1. The van der Waals surface area contributed by atoms with E-state index < -0.39 is 0 Å². The van der Waals surface area contributed by atoms with Crippen LogP contribution >= 0.6 is 0 Å². The molecule has 1 N–H and O–H groups in total. The molecule has 136 valence electrons. The maximum atomic E-state index is 3.86. The predicted molar refractivity (Wildman–Crippen MR) is 109 cm³/mol. The van der Waals surface area contributed by atoms with Crippen LogP contribution in [0.5, 0.6) is 0 Å². The average molecular weight is 355 g/mol. The first-order chi connectivity index (χ1) is 13.4. The van der Waals surface area contributed by atoms with Gasteiger partial charge in [0.1, 0.15) is 0 Å². The van der Waals surface area contributed by atoms with Gasteiger partial charge in [-0.05, 0) is 16.7 Å². The minimum Gasteiger partial charge on any atom is -0.283 e. The zero-order chi connectivity index (χ0) is 18.1. The second kappa shape index (κ2) is 7.28. The summed E-state index contributed by atoms with van der Waals surface area (Å²) in [4.78, 5) is 0. The first-order valence-corrected chi connectivity index (χ1v) is 9.83. The number of nitrogens with zero attached hydrogens (tertiary/aromatic N) is 2. The molecule has 0 aromatic heterocycles. The Labute approximate surface area is 161 Å². The van der Waals surface area contributed by atoms with E-state index in [1.165, 1.54) is 16.7 Å². The van der Waals surface area contributed by atoms with Crippen molar-refractivity contribution in [2.45, 2.75) is 37.8 Å². The van der Waals surface area contributed by atoms with Crippen molar-refractivity contribution in [3.63, 3.8) is 0 Å². The Balaban J connectivity index is 1.34. The quantitative estimate of drug-likeness (QED) is 0.678. The summed E-state index contributed by atoms with van der Waals surface area (Å²) in [5.41, 5.74) is 4.19. The van der Waals surface area contributed by atoms with E-state index in [1.54, 1.807) is 0 Å². The van der Waals surface area contributed by atoms with Crippen molar-refractivity contribution < 1.29 is 0 Å². The van der Waals surface area contributed by atoms with E-state index in [1.807, 2.05) is 0 Å². The highest BCUT2D eigenvalue weighted by atomic mass is 15.9. The first kappa shape index (κ1) is 16.7. The van der Waals surface area contributed by atoms with Gasteiger partial charge in [-0.3, -0.25) is 5.32 Å². The predicted octanol–water partition coefficient (Wildman–Crippen LogP) is 3.83. The molecule has 0 spiro atoms. The largest absolute Gasteiger partial charge is 0.283 e. The Kier molecular flexibility index (Phi) is 4.50. The van der Waals surface area contributed by atoms with Crippen molar-refractivity contribution in [1.29, 1.82) is 0 Å². The molecule has 3 nitrogen and oxygen atoms in total. The lowest BCUT2D eigenvalue weighted by Crippen LogP contribution is -2.42. The molecule has 5 rings (SSSR count). The maximum Gasteiger partial charge on any atom is 0.0971 e. The van der Waals surface area contributed by atoms with Crippen molar-refractivity contribution in [2.24, 2.45) is 0 Å². The van der Waals surface area contributed by atoms with Gasteiger partial charge in [-0.1, -0.05) is 91.0 Å². The summed E-state index contributed by atoms with van der Waals surface area (Å²) in [5, 5.41) is 8.95. The molecule has 2 aliphatic heterocycles. The van der Waals surface area contributed by atoms with Crippen LogP contribution in [0.25, 0.3) is 0 Å². The van der Waals surface area contributed by atoms with Gasteiger partial charge in [-0.15, -0.1) is 0 Å². The van der Waals surface area contributed by atoms with Crippen molar-refractivity contribution >= 4 is 0 Å². The summed E-state index contributed by atoms with van der Waals surface area (Å²) in [6.45, 7) is 0. The third-order valence-corrected chi connectivity index (χ3v) is 5.65. The number of rotatable bonds is 6. The van der Waals surface area contributed by atoms with Crippen molar-refractivity contribution in [1.82, 2.24) is 15.3 Å². The Morgan fingerprint density at radius 1 is 0.519 bits per heavy atom. The second-order valence-electron chi connectivity index (χ2n) is 7.51. The van der Waals surface area contributed by atoms with E-state index in [2.05, 4.69) is 106 Å². The Hall–Kier alpha value is -2.46. The smallest absolute Gasteiger partial charge is 0.0971 e. The molecule has 2 aliphatic rings. The molecular formula is C24H25N3. The van der Waals surface area contributed by atoms with Crippen LogP contribution in [0.15, 0.2) is 91.0 Å². The van der Waals surface area contributed by atoms with Gasteiger partial charge in [0, 0.05) is 19.3 Å². The third-order valence-electron chi connectivity index (χ3n) is 5.65. The molecule has 2 unspecified atom stereocenters. The fourth-order valence-corrected chi connectivity index (χ4v) is 4.34. The number of nitrogens with one attached hydrogen (secondary N) is 1. The van der Waals surface area contributed by atoms with E-state index >= 15 is 0 Å². The van der Waals surface area contributed by atoms with Gasteiger partial charge in [0.05, 0.1) is 18.5 Å². The van der Waals surface area contributed by atoms with Crippen LogP contribution in [0, 0.1) is 0 Å². The molecule has 4 atom stereocenters. The van der Waals surface area contributed by atoms with Crippen LogP contribution in [0.3, 0.4) is 0 Å². The highest BCUT2D eigenvalue weighted by molar-refractivity contribution is 5.22. The minimum atomic E-state index is 0.370. The number of fused-ring (bicyclic) bond motifs is 1. The van der Waals surface area contributed by atoms with Crippen LogP contribution in [-0.2, 0) is 19.3 Å². The lowest BCUT2D eigenvalue weighted by Gasteiger charge is -2.20. The molecule has 27 heavy (non-hydrogen) atoms. The minimum absolute atomic E-state index is 0.370. The third kappa shape index (κ3) is 3.54. The number of benzene rings is 3. The molecule has 2 heterocycles. The number of hydrogen-bond acceptors (Lipinski definition) is 3. The second-order valence-corrected chi connectivity index (χ2v) is 7.51. The Morgan fingerprint density at radius 3 is 1.30 bits per heavy atom. The molecule has 0 bridgehead atoms. The standard InChI is InChI=1S/C24H25N3/c1-4-10-19(11-5-1)16-22-25-23(17-20-12-6-2-7-13-20)27-24(26(22)27)18-21-14-8-3-9-15-21/h1-15,22-25H,16-18H2/t22-,23-,24?,26?,27?/m1/s1. The fourth-order valence-electron chi connectivity index (χ4n) is 4.34. The summed E-state index contributed by atoms with van der Waals surface area (Å²) in [6.07, 6.45) is 4.39. The van der Waals surface area contributed by atoms with Crippen molar-refractivity contribution in [2.75, 3.05) is 0 Å². The monoisotopic (exact) mass is 355 g/mol. The SMILES string of the molecule is c1ccc(CC2N3[C@H](Cc4ccccc4)N[C@@H](Cc4ccccc4)N23)cc1. The maximum absolute atomic E-state index is 3.86. The van der Waals surface area contributed by atoms with Crippen molar-refractivity contribution in [3.8, 4) is 0 Å². The van der Waals surface area contributed by atoms with Crippen LogP contribution in [0.1, 0.15) is 16.7 Å². The van der Waals surface area contributed by atoms with Gasteiger partial charge in [-0.2, -0.15) is 0 Å². The average Bonchev–Trinajstić information content (AvgIpc) is 3.31. The molecule has 2 fully saturated rings. The van der Waals surface area contributed by atoms with Crippen LogP contribution in [-0.4, -0.2) is 28.5 Å². The molecule has 3 heteroatoms. The molecule has 0 saturated carbocycles. The molecule has 0 amide bonds. The van der Waals surface area contributed by atoms with Crippen molar-refractivity contribution in [3.05, 3.63) is 108 Å². The van der Waals surface area contributed by atoms with E-state index in [4.69, 9.17) is 0 Å². The lowest BCUT2D eigenvalue weighted by molar-refractivity contribution is 0.306. The van der Waals surface area contributed by atoms with Gasteiger partial charge < -0.3 is 0 Å². The molecule has 2 saturated heterocycles. The van der Waals surface area contributed by atoms with Crippen LogP contribution in [0.2, 0.25) is 0 Å². The Morgan fingerprint density at radius 2 is 0.889 bits per heavy atom. The fraction of sp³-hybridized carbons (Fsp3) is 0.250. The summed E-state index contributed by atoms with van der Waals surface area (Å²) in [7, 11) is 0. The molecule has 3 aromatic rings. The zero-order valence-corrected chi connectivity index (χ0v) is 15.4. The van der Waals surface area contributed by atoms with Gasteiger partial charge in [0.2, 0.25) is 0 Å².